The first-order chi connectivity index (χ1) is 18.9. The number of hydrogen-bond acceptors (Lipinski definition) is 5. The SMILES string of the molecule is ClC(Cl)(Cl)CO[C@H]1O[C@H](COCc2ccccc2)[C@@H](OCc2ccccc2)[C@H](OCc2ccccc2)[C@H]1CBr. The quantitative estimate of drug-likeness (QED) is 0.178. The van der Waals surface area contributed by atoms with E-state index in [9.17, 15) is 0 Å². The van der Waals surface area contributed by atoms with Crippen molar-refractivity contribution in [1.29, 1.82) is 0 Å². The van der Waals surface area contributed by atoms with E-state index in [0.29, 0.717) is 25.2 Å². The van der Waals surface area contributed by atoms with Crippen molar-refractivity contribution in [2.75, 3.05) is 18.5 Å². The second kappa shape index (κ2) is 15.7. The molecule has 39 heavy (non-hydrogen) atoms. The maximum absolute atomic E-state index is 6.56. The number of alkyl halides is 4. The van der Waals surface area contributed by atoms with Crippen molar-refractivity contribution in [1.82, 2.24) is 0 Å². The van der Waals surface area contributed by atoms with E-state index in [-0.39, 0.29) is 19.1 Å². The van der Waals surface area contributed by atoms with E-state index in [2.05, 4.69) is 15.9 Å². The fourth-order valence-corrected chi connectivity index (χ4v) is 5.28. The minimum atomic E-state index is -1.58. The van der Waals surface area contributed by atoms with Gasteiger partial charge in [0.2, 0.25) is 3.79 Å². The van der Waals surface area contributed by atoms with Gasteiger partial charge in [-0.25, -0.2) is 0 Å². The number of rotatable bonds is 13. The summed E-state index contributed by atoms with van der Waals surface area (Å²) in [6.45, 7) is 1.36. The number of halogens is 4. The molecule has 1 heterocycles. The van der Waals surface area contributed by atoms with Gasteiger partial charge in [0.1, 0.15) is 12.2 Å². The van der Waals surface area contributed by atoms with Gasteiger partial charge in [0.15, 0.2) is 6.29 Å². The lowest BCUT2D eigenvalue weighted by Crippen LogP contribution is -2.59. The van der Waals surface area contributed by atoms with Crippen molar-refractivity contribution < 1.29 is 23.7 Å². The molecule has 9 heteroatoms. The molecule has 5 atom stereocenters. The van der Waals surface area contributed by atoms with E-state index in [1.54, 1.807) is 0 Å². The van der Waals surface area contributed by atoms with Gasteiger partial charge in [-0.1, -0.05) is 142 Å². The van der Waals surface area contributed by atoms with Crippen LogP contribution in [0.5, 0.6) is 0 Å². The van der Waals surface area contributed by atoms with Crippen LogP contribution in [-0.2, 0) is 43.5 Å². The lowest BCUT2D eigenvalue weighted by atomic mass is 9.91. The molecule has 0 saturated carbocycles. The summed E-state index contributed by atoms with van der Waals surface area (Å²) in [7, 11) is 0. The van der Waals surface area contributed by atoms with Gasteiger partial charge in [0, 0.05) is 11.2 Å². The monoisotopic (exact) mass is 656 g/mol. The molecule has 1 aliphatic heterocycles. The van der Waals surface area contributed by atoms with Crippen molar-refractivity contribution >= 4 is 50.7 Å². The van der Waals surface area contributed by atoms with Crippen LogP contribution in [0.2, 0.25) is 0 Å². The Morgan fingerprint density at radius 3 is 1.64 bits per heavy atom. The Morgan fingerprint density at radius 2 is 1.15 bits per heavy atom. The van der Waals surface area contributed by atoms with Gasteiger partial charge in [-0.2, -0.15) is 0 Å². The van der Waals surface area contributed by atoms with Crippen LogP contribution in [0.3, 0.4) is 0 Å². The molecule has 5 nitrogen and oxygen atoms in total. The summed E-state index contributed by atoms with van der Waals surface area (Å²) in [4.78, 5) is 0. The minimum absolute atomic E-state index is 0.135. The lowest BCUT2D eigenvalue weighted by Gasteiger charge is -2.46. The second-order valence-electron chi connectivity index (χ2n) is 9.31. The van der Waals surface area contributed by atoms with Gasteiger partial charge < -0.3 is 23.7 Å². The summed E-state index contributed by atoms with van der Waals surface area (Å²) in [5.74, 6) is -0.243. The molecule has 0 aliphatic carbocycles. The molecule has 0 aromatic heterocycles. The minimum Gasteiger partial charge on any atom is -0.374 e. The molecule has 1 aliphatic rings. The predicted octanol–water partition coefficient (Wildman–Crippen LogP) is 7.50. The highest BCUT2D eigenvalue weighted by molar-refractivity contribution is 9.09. The van der Waals surface area contributed by atoms with Crippen LogP contribution in [0.4, 0.5) is 0 Å². The van der Waals surface area contributed by atoms with E-state index in [1.165, 1.54) is 0 Å². The van der Waals surface area contributed by atoms with E-state index in [4.69, 9.17) is 58.5 Å². The number of benzene rings is 3. The third-order valence-electron chi connectivity index (χ3n) is 6.32. The second-order valence-corrected chi connectivity index (χ2v) is 12.5. The maximum atomic E-state index is 6.56. The summed E-state index contributed by atoms with van der Waals surface area (Å²) in [5, 5.41) is 0.528. The third-order valence-corrected chi connectivity index (χ3v) is 7.40. The van der Waals surface area contributed by atoms with Gasteiger partial charge in [-0.05, 0) is 16.7 Å². The fourth-order valence-electron chi connectivity index (χ4n) is 4.42. The molecule has 1 fully saturated rings. The first kappa shape index (κ1) is 30.8. The molecule has 0 radical (unpaired) electrons. The van der Waals surface area contributed by atoms with Crippen molar-refractivity contribution in [2.45, 2.75) is 48.2 Å². The van der Waals surface area contributed by atoms with Crippen LogP contribution in [0.15, 0.2) is 91.0 Å². The summed E-state index contributed by atoms with van der Waals surface area (Å²) in [6, 6.07) is 30.0. The number of ether oxygens (including phenoxy) is 5. The zero-order valence-corrected chi connectivity index (χ0v) is 25.2. The molecule has 0 bridgehead atoms. The van der Waals surface area contributed by atoms with Crippen LogP contribution in [-0.4, -0.2) is 46.9 Å². The molecular formula is C30H32BrCl3O5. The smallest absolute Gasteiger partial charge is 0.213 e. The molecule has 3 aromatic rings. The predicted molar refractivity (Wildman–Crippen MR) is 158 cm³/mol. The highest BCUT2D eigenvalue weighted by Crippen LogP contribution is 2.36. The highest BCUT2D eigenvalue weighted by Gasteiger charge is 2.48. The van der Waals surface area contributed by atoms with E-state index < -0.39 is 28.4 Å². The Hall–Kier alpha value is -1.19. The third kappa shape index (κ3) is 9.99. The summed E-state index contributed by atoms with van der Waals surface area (Å²) in [5.41, 5.74) is 3.16. The molecule has 1 saturated heterocycles. The first-order valence-corrected chi connectivity index (χ1v) is 15.0. The van der Waals surface area contributed by atoms with Crippen molar-refractivity contribution in [3.05, 3.63) is 108 Å². The Morgan fingerprint density at radius 1 is 0.667 bits per heavy atom. The average molecular weight is 659 g/mol. The van der Waals surface area contributed by atoms with Gasteiger partial charge in [0.05, 0.1) is 39.1 Å². The Kier molecular flexibility index (Phi) is 12.4. The van der Waals surface area contributed by atoms with Crippen LogP contribution in [0, 0.1) is 5.92 Å². The fraction of sp³-hybridized carbons (Fsp3) is 0.400. The van der Waals surface area contributed by atoms with Gasteiger partial charge in [-0.3, -0.25) is 0 Å². The summed E-state index contributed by atoms with van der Waals surface area (Å²) >= 11 is 21.7. The largest absolute Gasteiger partial charge is 0.374 e. The van der Waals surface area contributed by atoms with Crippen molar-refractivity contribution in [3.8, 4) is 0 Å². The van der Waals surface area contributed by atoms with Crippen molar-refractivity contribution in [3.63, 3.8) is 0 Å². The van der Waals surface area contributed by atoms with Crippen molar-refractivity contribution in [2.24, 2.45) is 5.92 Å². The van der Waals surface area contributed by atoms with Gasteiger partial charge >= 0.3 is 0 Å². The maximum Gasteiger partial charge on any atom is 0.213 e. The molecule has 210 valence electrons. The number of hydrogen-bond donors (Lipinski definition) is 0. The standard InChI is InChI=1S/C30H32BrCl3O5/c31-16-25-27(36-18-23-12-6-2-7-13-23)28(37-19-24-14-8-3-9-15-24)26(39-29(25)38-21-30(32,33)34)20-35-17-22-10-4-1-5-11-22/h1-15,25-29H,16-21H2/t25-,26-,27-,28-,29+/m1/s1. The molecule has 4 rings (SSSR count). The lowest BCUT2D eigenvalue weighted by molar-refractivity contribution is -0.300. The molecule has 0 amide bonds. The molecular weight excluding hydrogens is 627 g/mol. The first-order valence-electron chi connectivity index (χ1n) is 12.8. The topological polar surface area (TPSA) is 46.2 Å². The Labute approximate surface area is 253 Å². The Balaban J connectivity index is 1.56. The van der Waals surface area contributed by atoms with E-state index in [1.807, 2.05) is 91.0 Å². The average Bonchev–Trinajstić information content (AvgIpc) is 2.95. The van der Waals surface area contributed by atoms with Crippen LogP contribution in [0.25, 0.3) is 0 Å². The van der Waals surface area contributed by atoms with Crippen LogP contribution < -0.4 is 0 Å². The zero-order valence-electron chi connectivity index (χ0n) is 21.3. The Bertz CT molecular complexity index is 1090. The van der Waals surface area contributed by atoms with Crippen LogP contribution in [0.1, 0.15) is 16.7 Å². The molecule has 3 aromatic carbocycles. The summed E-state index contributed by atoms with van der Waals surface area (Å²) in [6.07, 6.45) is -2.04. The van der Waals surface area contributed by atoms with E-state index in [0.717, 1.165) is 16.7 Å². The highest BCUT2D eigenvalue weighted by atomic mass is 79.9. The van der Waals surface area contributed by atoms with Crippen LogP contribution >= 0.6 is 50.7 Å². The van der Waals surface area contributed by atoms with Gasteiger partial charge in [0.25, 0.3) is 0 Å². The van der Waals surface area contributed by atoms with E-state index >= 15 is 0 Å². The molecule has 0 N–H and O–H groups in total. The normalized spacial score (nSPS) is 23.5. The van der Waals surface area contributed by atoms with Gasteiger partial charge in [-0.15, -0.1) is 0 Å². The molecule has 0 spiro atoms. The zero-order chi connectivity index (χ0) is 27.5. The molecule has 0 unspecified atom stereocenters. The summed E-state index contributed by atoms with van der Waals surface area (Å²) < 4.78 is 30.1.